The molecule has 1 amide bonds. The van der Waals surface area contributed by atoms with Gasteiger partial charge in [0, 0.05) is 32.7 Å². The maximum absolute atomic E-state index is 12.3. The summed E-state index contributed by atoms with van der Waals surface area (Å²) < 4.78 is 0. The SMILES string of the molecule is CC(C)(C)C1CCN(C(=O)C2CNCCN2)C1. The van der Waals surface area contributed by atoms with Gasteiger partial charge in [0.25, 0.3) is 0 Å². The van der Waals surface area contributed by atoms with E-state index in [0.29, 0.717) is 11.3 Å². The number of amides is 1. The summed E-state index contributed by atoms with van der Waals surface area (Å²) in [7, 11) is 0. The summed E-state index contributed by atoms with van der Waals surface area (Å²) in [6, 6.07) is -0.0116. The highest BCUT2D eigenvalue weighted by Crippen LogP contribution is 2.33. The second-order valence-electron chi connectivity index (χ2n) is 6.35. The molecule has 0 saturated carbocycles. The first kappa shape index (κ1) is 12.8. The first-order chi connectivity index (χ1) is 7.98. The summed E-state index contributed by atoms with van der Waals surface area (Å²) >= 11 is 0. The lowest BCUT2D eigenvalue weighted by Crippen LogP contribution is -2.56. The molecule has 0 radical (unpaired) electrons. The van der Waals surface area contributed by atoms with Crippen molar-refractivity contribution in [1.29, 1.82) is 0 Å². The molecule has 0 aromatic carbocycles. The predicted octanol–water partition coefficient (Wildman–Crippen LogP) is 0.442. The van der Waals surface area contributed by atoms with Crippen LogP contribution in [0.5, 0.6) is 0 Å². The van der Waals surface area contributed by atoms with Gasteiger partial charge in [-0.05, 0) is 17.8 Å². The molecule has 2 N–H and O–H groups in total. The molecule has 4 heteroatoms. The topological polar surface area (TPSA) is 44.4 Å². The Morgan fingerprint density at radius 3 is 2.59 bits per heavy atom. The molecule has 2 saturated heterocycles. The Balaban J connectivity index is 1.89. The number of carbonyl (C=O) groups excluding carboxylic acids is 1. The minimum atomic E-state index is -0.0116. The van der Waals surface area contributed by atoms with Gasteiger partial charge in [0.2, 0.25) is 5.91 Å². The molecule has 2 unspecified atom stereocenters. The standard InChI is InChI=1S/C13H25N3O/c1-13(2,3)10-4-7-16(9-10)12(17)11-8-14-5-6-15-11/h10-11,14-15H,4-9H2,1-3H3. The molecule has 2 rings (SSSR count). The lowest BCUT2D eigenvalue weighted by Gasteiger charge is -2.30. The van der Waals surface area contributed by atoms with Crippen LogP contribution in [0.1, 0.15) is 27.2 Å². The van der Waals surface area contributed by atoms with Crippen LogP contribution in [0, 0.1) is 11.3 Å². The van der Waals surface area contributed by atoms with Crippen LogP contribution in [0.3, 0.4) is 0 Å². The Morgan fingerprint density at radius 2 is 2.06 bits per heavy atom. The Bertz CT molecular complexity index is 279. The van der Waals surface area contributed by atoms with Gasteiger partial charge in [0.1, 0.15) is 0 Å². The third-order valence-electron chi connectivity index (χ3n) is 4.06. The van der Waals surface area contributed by atoms with E-state index < -0.39 is 0 Å². The Morgan fingerprint density at radius 1 is 1.29 bits per heavy atom. The van der Waals surface area contributed by atoms with Crippen LogP contribution < -0.4 is 10.6 Å². The predicted molar refractivity (Wildman–Crippen MR) is 68.8 cm³/mol. The smallest absolute Gasteiger partial charge is 0.241 e. The maximum Gasteiger partial charge on any atom is 0.241 e. The molecule has 4 nitrogen and oxygen atoms in total. The number of nitrogens with zero attached hydrogens (tertiary/aromatic N) is 1. The van der Waals surface area contributed by atoms with Crippen LogP contribution in [0.25, 0.3) is 0 Å². The summed E-state index contributed by atoms with van der Waals surface area (Å²) in [5.41, 5.74) is 0.313. The van der Waals surface area contributed by atoms with E-state index in [1.54, 1.807) is 0 Å². The number of nitrogens with one attached hydrogen (secondary N) is 2. The monoisotopic (exact) mass is 239 g/mol. The normalized spacial score (nSPS) is 30.6. The van der Waals surface area contributed by atoms with Crippen molar-refractivity contribution in [1.82, 2.24) is 15.5 Å². The Kier molecular flexibility index (Phi) is 3.73. The molecule has 2 aliphatic heterocycles. The summed E-state index contributed by atoms with van der Waals surface area (Å²) in [4.78, 5) is 14.3. The molecular weight excluding hydrogens is 214 g/mol. The number of piperazine rings is 1. The van der Waals surface area contributed by atoms with E-state index in [1.807, 2.05) is 4.90 Å². The second-order valence-corrected chi connectivity index (χ2v) is 6.35. The fourth-order valence-electron chi connectivity index (χ4n) is 2.72. The van der Waals surface area contributed by atoms with Crippen molar-refractivity contribution in [2.24, 2.45) is 11.3 Å². The molecule has 0 bridgehead atoms. The fourth-order valence-corrected chi connectivity index (χ4v) is 2.72. The molecule has 0 aromatic rings. The minimum absolute atomic E-state index is 0.0116. The van der Waals surface area contributed by atoms with Gasteiger partial charge >= 0.3 is 0 Å². The maximum atomic E-state index is 12.3. The van der Waals surface area contributed by atoms with Crippen molar-refractivity contribution in [3.05, 3.63) is 0 Å². The molecule has 17 heavy (non-hydrogen) atoms. The molecule has 98 valence electrons. The van der Waals surface area contributed by atoms with Gasteiger partial charge < -0.3 is 15.5 Å². The van der Waals surface area contributed by atoms with Gasteiger partial charge in [-0.15, -0.1) is 0 Å². The molecule has 2 atom stereocenters. The molecule has 2 fully saturated rings. The molecule has 2 aliphatic rings. The lowest BCUT2D eigenvalue weighted by atomic mass is 9.80. The third-order valence-corrected chi connectivity index (χ3v) is 4.06. The average Bonchev–Trinajstić information content (AvgIpc) is 2.78. The number of hydrogen-bond acceptors (Lipinski definition) is 3. The average molecular weight is 239 g/mol. The summed E-state index contributed by atoms with van der Waals surface area (Å²) in [6.07, 6.45) is 1.15. The highest BCUT2D eigenvalue weighted by molar-refractivity contribution is 5.82. The van der Waals surface area contributed by atoms with Gasteiger partial charge in [0.15, 0.2) is 0 Å². The molecule has 0 aliphatic carbocycles. The van der Waals surface area contributed by atoms with E-state index in [4.69, 9.17) is 0 Å². The first-order valence-electron chi connectivity index (χ1n) is 6.71. The highest BCUT2D eigenvalue weighted by atomic mass is 16.2. The van der Waals surface area contributed by atoms with Crippen LogP contribution in [-0.4, -0.2) is 49.6 Å². The Hall–Kier alpha value is -0.610. The molecule has 2 heterocycles. The van der Waals surface area contributed by atoms with Crippen LogP contribution in [0.15, 0.2) is 0 Å². The fraction of sp³-hybridized carbons (Fsp3) is 0.923. The largest absolute Gasteiger partial charge is 0.341 e. The summed E-state index contributed by atoms with van der Waals surface area (Å²) in [6.45, 7) is 11.3. The first-order valence-corrected chi connectivity index (χ1v) is 6.71. The quantitative estimate of drug-likeness (QED) is 0.698. The zero-order valence-electron chi connectivity index (χ0n) is 11.3. The van der Waals surface area contributed by atoms with Crippen LogP contribution in [0.2, 0.25) is 0 Å². The second kappa shape index (κ2) is 4.94. The molecule has 0 spiro atoms. The lowest BCUT2D eigenvalue weighted by molar-refractivity contribution is -0.132. The van der Waals surface area contributed by atoms with Gasteiger partial charge in [-0.2, -0.15) is 0 Å². The van der Waals surface area contributed by atoms with Crippen LogP contribution in [0.4, 0.5) is 0 Å². The van der Waals surface area contributed by atoms with Crippen molar-refractivity contribution in [3.8, 4) is 0 Å². The van der Waals surface area contributed by atoms with Gasteiger partial charge in [-0.1, -0.05) is 20.8 Å². The van der Waals surface area contributed by atoms with Gasteiger partial charge in [-0.3, -0.25) is 4.79 Å². The summed E-state index contributed by atoms with van der Waals surface area (Å²) in [5, 5.41) is 6.57. The van der Waals surface area contributed by atoms with E-state index in [2.05, 4.69) is 31.4 Å². The number of likely N-dealkylation sites (tertiary alicyclic amines) is 1. The third kappa shape index (κ3) is 2.99. The Labute approximate surface area is 104 Å². The van der Waals surface area contributed by atoms with E-state index in [-0.39, 0.29) is 11.9 Å². The molecule has 0 aromatic heterocycles. The van der Waals surface area contributed by atoms with E-state index in [9.17, 15) is 4.79 Å². The zero-order valence-corrected chi connectivity index (χ0v) is 11.3. The van der Waals surface area contributed by atoms with Crippen molar-refractivity contribution < 1.29 is 4.79 Å². The number of rotatable bonds is 1. The van der Waals surface area contributed by atoms with Crippen LogP contribution >= 0.6 is 0 Å². The van der Waals surface area contributed by atoms with Crippen molar-refractivity contribution >= 4 is 5.91 Å². The molecular formula is C13H25N3O. The van der Waals surface area contributed by atoms with Crippen molar-refractivity contribution in [3.63, 3.8) is 0 Å². The van der Waals surface area contributed by atoms with Crippen molar-refractivity contribution in [2.45, 2.75) is 33.2 Å². The van der Waals surface area contributed by atoms with E-state index >= 15 is 0 Å². The van der Waals surface area contributed by atoms with Crippen LogP contribution in [-0.2, 0) is 4.79 Å². The van der Waals surface area contributed by atoms with Crippen molar-refractivity contribution in [2.75, 3.05) is 32.7 Å². The van der Waals surface area contributed by atoms with E-state index in [1.165, 1.54) is 0 Å². The minimum Gasteiger partial charge on any atom is -0.341 e. The van der Waals surface area contributed by atoms with Gasteiger partial charge in [0.05, 0.1) is 6.04 Å². The highest BCUT2D eigenvalue weighted by Gasteiger charge is 2.36. The number of hydrogen-bond donors (Lipinski definition) is 2. The number of carbonyl (C=O) groups is 1. The summed E-state index contributed by atoms with van der Waals surface area (Å²) in [5.74, 6) is 0.923. The van der Waals surface area contributed by atoms with E-state index in [0.717, 1.165) is 39.1 Å². The van der Waals surface area contributed by atoms with Gasteiger partial charge in [-0.25, -0.2) is 0 Å². The zero-order chi connectivity index (χ0) is 12.5.